The summed E-state index contributed by atoms with van der Waals surface area (Å²) in [7, 11) is 1.52. The predicted molar refractivity (Wildman–Crippen MR) is 86.9 cm³/mol. The SMILES string of the molecule is CCOc1cc(C(=O)OC(C)C(=O)NCC(C)C)ccc1OC. The largest absolute Gasteiger partial charge is 0.493 e. The molecule has 1 aromatic rings. The second kappa shape index (κ2) is 9.02. The van der Waals surface area contributed by atoms with Crippen LogP contribution in [0.2, 0.25) is 0 Å². The number of nitrogens with one attached hydrogen (secondary N) is 1. The number of carbonyl (C=O) groups is 2. The minimum Gasteiger partial charge on any atom is -0.493 e. The molecule has 128 valence electrons. The molecule has 0 aromatic heterocycles. The molecule has 0 heterocycles. The van der Waals surface area contributed by atoms with Gasteiger partial charge in [-0.25, -0.2) is 4.79 Å². The molecule has 6 heteroatoms. The third kappa shape index (κ3) is 5.81. The Labute approximate surface area is 137 Å². The van der Waals surface area contributed by atoms with Crippen molar-refractivity contribution in [1.82, 2.24) is 5.32 Å². The van der Waals surface area contributed by atoms with Crippen LogP contribution in [0.15, 0.2) is 18.2 Å². The summed E-state index contributed by atoms with van der Waals surface area (Å²) in [5.74, 6) is 0.427. The van der Waals surface area contributed by atoms with Crippen LogP contribution in [0.4, 0.5) is 0 Å². The Morgan fingerprint density at radius 1 is 1.17 bits per heavy atom. The summed E-state index contributed by atoms with van der Waals surface area (Å²) in [5.41, 5.74) is 0.303. The van der Waals surface area contributed by atoms with E-state index in [9.17, 15) is 9.59 Å². The first-order valence-electron chi connectivity index (χ1n) is 7.68. The van der Waals surface area contributed by atoms with Gasteiger partial charge in [0.2, 0.25) is 0 Å². The molecule has 0 spiro atoms. The van der Waals surface area contributed by atoms with E-state index in [2.05, 4.69) is 5.32 Å². The molecule has 0 aliphatic carbocycles. The van der Waals surface area contributed by atoms with E-state index in [0.29, 0.717) is 36.1 Å². The van der Waals surface area contributed by atoms with Crippen LogP contribution < -0.4 is 14.8 Å². The zero-order chi connectivity index (χ0) is 17.4. The van der Waals surface area contributed by atoms with Gasteiger partial charge in [0.1, 0.15) is 0 Å². The van der Waals surface area contributed by atoms with Gasteiger partial charge >= 0.3 is 5.97 Å². The Hall–Kier alpha value is -2.24. The van der Waals surface area contributed by atoms with Gasteiger partial charge in [-0.2, -0.15) is 0 Å². The number of hydrogen-bond donors (Lipinski definition) is 1. The fourth-order valence-electron chi connectivity index (χ4n) is 1.80. The van der Waals surface area contributed by atoms with E-state index in [0.717, 1.165) is 0 Å². The maximum Gasteiger partial charge on any atom is 0.339 e. The number of amides is 1. The zero-order valence-corrected chi connectivity index (χ0v) is 14.3. The highest BCUT2D eigenvalue weighted by atomic mass is 16.5. The summed E-state index contributed by atoms with van der Waals surface area (Å²) in [6.07, 6.45) is -0.862. The molecule has 23 heavy (non-hydrogen) atoms. The Morgan fingerprint density at radius 2 is 1.87 bits per heavy atom. The molecule has 6 nitrogen and oxygen atoms in total. The predicted octanol–water partition coefficient (Wildman–Crippen LogP) is 2.41. The van der Waals surface area contributed by atoms with Crippen LogP contribution in [-0.2, 0) is 9.53 Å². The van der Waals surface area contributed by atoms with E-state index in [4.69, 9.17) is 14.2 Å². The fourth-order valence-corrected chi connectivity index (χ4v) is 1.80. The normalized spacial score (nSPS) is 11.7. The second-order valence-electron chi connectivity index (χ2n) is 5.49. The zero-order valence-electron chi connectivity index (χ0n) is 14.3. The van der Waals surface area contributed by atoms with Gasteiger partial charge in [0.05, 0.1) is 19.3 Å². The minimum absolute atomic E-state index is 0.303. The molecule has 0 aliphatic rings. The van der Waals surface area contributed by atoms with E-state index >= 15 is 0 Å². The second-order valence-corrected chi connectivity index (χ2v) is 5.49. The molecule has 0 fully saturated rings. The number of ether oxygens (including phenoxy) is 3. The van der Waals surface area contributed by atoms with Crippen molar-refractivity contribution in [3.05, 3.63) is 23.8 Å². The summed E-state index contributed by atoms with van der Waals surface area (Å²) < 4.78 is 15.8. The molecule has 0 bridgehead atoms. The molecule has 1 amide bonds. The van der Waals surface area contributed by atoms with Gasteiger partial charge < -0.3 is 19.5 Å². The van der Waals surface area contributed by atoms with Crippen LogP contribution in [0.3, 0.4) is 0 Å². The van der Waals surface area contributed by atoms with Crippen molar-refractivity contribution in [1.29, 1.82) is 0 Å². The molecule has 1 rings (SSSR count). The van der Waals surface area contributed by atoms with Crippen molar-refractivity contribution in [2.75, 3.05) is 20.3 Å². The molecule has 0 radical (unpaired) electrons. The first-order valence-corrected chi connectivity index (χ1v) is 7.68. The highest BCUT2D eigenvalue weighted by Gasteiger charge is 2.20. The van der Waals surface area contributed by atoms with Crippen LogP contribution in [0.5, 0.6) is 11.5 Å². The number of carbonyl (C=O) groups excluding carboxylic acids is 2. The van der Waals surface area contributed by atoms with Gasteiger partial charge in [0, 0.05) is 6.54 Å². The third-order valence-corrected chi connectivity index (χ3v) is 3.04. The van der Waals surface area contributed by atoms with E-state index < -0.39 is 12.1 Å². The Morgan fingerprint density at radius 3 is 2.43 bits per heavy atom. The lowest BCUT2D eigenvalue weighted by Crippen LogP contribution is -2.37. The number of benzene rings is 1. The highest BCUT2D eigenvalue weighted by molar-refractivity contribution is 5.92. The average Bonchev–Trinajstić information content (AvgIpc) is 2.52. The Balaban J connectivity index is 2.73. The summed E-state index contributed by atoms with van der Waals surface area (Å²) in [6.45, 7) is 8.35. The van der Waals surface area contributed by atoms with Crippen molar-refractivity contribution in [2.24, 2.45) is 5.92 Å². The van der Waals surface area contributed by atoms with Gasteiger partial charge in [-0.05, 0) is 38.0 Å². The number of rotatable bonds is 8. The van der Waals surface area contributed by atoms with Crippen LogP contribution >= 0.6 is 0 Å². The highest BCUT2D eigenvalue weighted by Crippen LogP contribution is 2.28. The van der Waals surface area contributed by atoms with E-state index in [1.54, 1.807) is 25.1 Å². The van der Waals surface area contributed by atoms with Gasteiger partial charge in [-0.1, -0.05) is 13.8 Å². The van der Waals surface area contributed by atoms with Gasteiger partial charge in [-0.15, -0.1) is 0 Å². The lowest BCUT2D eigenvalue weighted by molar-refractivity contribution is -0.129. The van der Waals surface area contributed by atoms with Crippen molar-refractivity contribution in [2.45, 2.75) is 33.8 Å². The van der Waals surface area contributed by atoms with Crippen molar-refractivity contribution < 1.29 is 23.8 Å². The summed E-state index contributed by atoms with van der Waals surface area (Å²) in [5, 5.41) is 2.73. The van der Waals surface area contributed by atoms with Crippen LogP contribution in [0.1, 0.15) is 38.1 Å². The van der Waals surface area contributed by atoms with Gasteiger partial charge in [-0.3, -0.25) is 4.79 Å². The molecule has 1 unspecified atom stereocenters. The lowest BCUT2D eigenvalue weighted by Gasteiger charge is -2.15. The van der Waals surface area contributed by atoms with E-state index in [1.165, 1.54) is 7.11 Å². The van der Waals surface area contributed by atoms with Crippen molar-refractivity contribution in [3.63, 3.8) is 0 Å². The topological polar surface area (TPSA) is 73.9 Å². The number of hydrogen-bond acceptors (Lipinski definition) is 5. The maximum absolute atomic E-state index is 12.2. The molecule has 0 aliphatic heterocycles. The molecule has 1 aromatic carbocycles. The Bertz CT molecular complexity index is 542. The lowest BCUT2D eigenvalue weighted by atomic mass is 10.2. The molecule has 1 N–H and O–H groups in total. The maximum atomic E-state index is 12.2. The van der Waals surface area contributed by atoms with E-state index in [-0.39, 0.29) is 5.91 Å². The monoisotopic (exact) mass is 323 g/mol. The van der Waals surface area contributed by atoms with Crippen LogP contribution in [0, 0.1) is 5.92 Å². The molecular formula is C17H25NO5. The van der Waals surface area contributed by atoms with Crippen molar-refractivity contribution in [3.8, 4) is 11.5 Å². The van der Waals surface area contributed by atoms with Crippen LogP contribution in [-0.4, -0.2) is 38.2 Å². The minimum atomic E-state index is -0.862. The smallest absolute Gasteiger partial charge is 0.339 e. The van der Waals surface area contributed by atoms with Crippen molar-refractivity contribution >= 4 is 11.9 Å². The standard InChI is InChI=1S/C17H25NO5/c1-6-22-15-9-13(7-8-14(15)21-5)17(20)23-12(4)16(19)18-10-11(2)3/h7-9,11-12H,6,10H2,1-5H3,(H,18,19). The van der Waals surface area contributed by atoms with Gasteiger partial charge in [0.25, 0.3) is 5.91 Å². The third-order valence-electron chi connectivity index (χ3n) is 3.04. The number of methoxy groups -OCH3 is 1. The average molecular weight is 323 g/mol. The summed E-state index contributed by atoms with van der Waals surface area (Å²) >= 11 is 0. The molecular weight excluding hydrogens is 298 g/mol. The molecule has 1 atom stereocenters. The number of esters is 1. The molecule has 0 saturated carbocycles. The van der Waals surface area contributed by atoms with Gasteiger partial charge in [0.15, 0.2) is 17.6 Å². The van der Waals surface area contributed by atoms with E-state index in [1.807, 2.05) is 20.8 Å². The first kappa shape index (κ1) is 18.8. The fraction of sp³-hybridized carbons (Fsp3) is 0.529. The van der Waals surface area contributed by atoms with Crippen LogP contribution in [0.25, 0.3) is 0 Å². The first-order chi connectivity index (χ1) is 10.9. The molecule has 0 saturated heterocycles. The Kier molecular flexibility index (Phi) is 7.38. The summed E-state index contributed by atoms with van der Waals surface area (Å²) in [6, 6.07) is 4.75. The quantitative estimate of drug-likeness (QED) is 0.744. The summed E-state index contributed by atoms with van der Waals surface area (Å²) in [4.78, 5) is 24.0.